The minimum absolute atomic E-state index is 0.154. The number of carbonyl (C=O) groups is 1. The summed E-state index contributed by atoms with van der Waals surface area (Å²) in [7, 11) is -3.82. The number of hydrogen-bond donors (Lipinski definition) is 1. The van der Waals surface area contributed by atoms with E-state index in [0.717, 1.165) is 16.7 Å². The number of benzene rings is 2. The van der Waals surface area contributed by atoms with Gasteiger partial charge in [-0.05, 0) is 63.1 Å². The van der Waals surface area contributed by atoms with Crippen LogP contribution in [0.2, 0.25) is 0 Å². The van der Waals surface area contributed by atoms with Crippen LogP contribution in [-0.2, 0) is 31.9 Å². The van der Waals surface area contributed by atoms with E-state index in [2.05, 4.69) is 5.32 Å². The van der Waals surface area contributed by atoms with Crippen molar-refractivity contribution < 1.29 is 22.1 Å². The number of rotatable bonds is 4. The van der Waals surface area contributed by atoms with Gasteiger partial charge in [0.2, 0.25) is 0 Å². The standard InChI is InChI=1S/C21H25NO5S/c1-14-5-9-19(10-6-14)28(24,25)27-18-12-15-7-8-17(11-16(15)13-18)22-20(23)26-21(2,3)4/h5-11,18H,12-13H2,1-4H3,(H,22,23). The molecule has 0 bridgehead atoms. The molecule has 7 heteroatoms. The highest BCUT2D eigenvalue weighted by Crippen LogP contribution is 2.29. The maximum atomic E-state index is 12.5. The molecule has 0 fully saturated rings. The predicted octanol–water partition coefficient (Wildman–Crippen LogP) is 4.21. The summed E-state index contributed by atoms with van der Waals surface area (Å²) in [6.07, 6.45) is -0.0181. The van der Waals surface area contributed by atoms with Crippen molar-refractivity contribution in [2.24, 2.45) is 0 Å². The van der Waals surface area contributed by atoms with E-state index < -0.39 is 27.9 Å². The molecule has 0 heterocycles. The number of amides is 1. The Morgan fingerprint density at radius 3 is 2.32 bits per heavy atom. The van der Waals surface area contributed by atoms with Crippen molar-refractivity contribution in [1.29, 1.82) is 0 Å². The number of fused-ring (bicyclic) bond motifs is 1. The van der Waals surface area contributed by atoms with Crippen LogP contribution in [0.25, 0.3) is 0 Å². The first-order valence-corrected chi connectivity index (χ1v) is 10.5. The van der Waals surface area contributed by atoms with Gasteiger partial charge in [0, 0.05) is 18.5 Å². The smallest absolute Gasteiger partial charge is 0.412 e. The number of anilines is 1. The SMILES string of the molecule is Cc1ccc(S(=O)(=O)OC2Cc3ccc(NC(=O)OC(C)(C)C)cc3C2)cc1. The third kappa shape index (κ3) is 5.11. The van der Waals surface area contributed by atoms with Crippen LogP contribution in [0.4, 0.5) is 10.5 Å². The van der Waals surface area contributed by atoms with E-state index in [-0.39, 0.29) is 4.90 Å². The van der Waals surface area contributed by atoms with E-state index in [9.17, 15) is 13.2 Å². The monoisotopic (exact) mass is 403 g/mol. The fraction of sp³-hybridized carbons (Fsp3) is 0.381. The average Bonchev–Trinajstić information content (AvgIpc) is 2.94. The second-order valence-electron chi connectivity index (χ2n) is 8.00. The summed E-state index contributed by atoms with van der Waals surface area (Å²) in [5.74, 6) is 0. The van der Waals surface area contributed by atoms with E-state index in [1.165, 1.54) is 0 Å². The van der Waals surface area contributed by atoms with Crippen LogP contribution in [0.1, 0.15) is 37.5 Å². The van der Waals surface area contributed by atoms with Crippen LogP contribution >= 0.6 is 0 Å². The second kappa shape index (κ2) is 7.56. The molecule has 0 aliphatic heterocycles. The Balaban J connectivity index is 1.66. The highest BCUT2D eigenvalue weighted by atomic mass is 32.2. The van der Waals surface area contributed by atoms with Gasteiger partial charge < -0.3 is 4.74 Å². The quantitative estimate of drug-likeness (QED) is 0.773. The molecule has 0 spiro atoms. The van der Waals surface area contributed by atoms with Gasteiger partial charge in [0.25, 0.3) is 10.1 Å². The lowest BCUT2D eigenvalue weighted by Gasteiger charge is -2.19. The summed E-state index contributed by atoms with van der Waals surface area (Å²) in [5.41, 5.74) is 2.98. The number of carbonyl (C=O) groups excluding carboxylic acids is 1. The molecule has 3 rings (SSSR count). The van der Waals surface area contributed by atoms with Crippen LogP contribution in [0.3, 0.4) is 0 Å². The minimum Gasteiger partial charge on any atom is -0.444 e. The summed E-state index contributed by atoms with van der Waals surface area (Å²) >= 11 is 0. The van der Waals surface area contributed by atoms with Crippen LogP contribution in [0.15, 0.2) is 47.4 Å². The Kier molecular flexibility index (Phi) is 5.50. The van der Waals surface area contributed by atoms with Crippen molar-refractivity contribution in [2.45, 2.75) is 57.1 Å². The summed E-state index contributed by atoms with van der Waals surface area (Å²) in [5, 5.41) is 2.70. The average molecular weight is 404 g/mol. The molecule has 0 aromatic heterocycles. The van der Waals surface area contributed by atoms with Crippen molar-refractivity contribution in [3.8, 4) is 0 Å². The number of ether oxygens (including phenoxy) is 1. The molecule has 2 aromatic rings. The lowest BCUT2D eigenvalue weighted by molar-refractivity contribution is 0.0636. The Morgan fingerprint density at radius 1 is 1.04 bits per heavy atom. The zero-order valence-corrected chi connectivity index (χ0v) is 17.3. The van der Waals surface area contributed by atoms with Gasteiger partial charge in [-0.1, -0.05) is 23.8 Å². The largest absolute Gasteiger partial charge is 0.444 e. The van der Waals surface area contributed by atoms with E-state index in [4.69, 9.17) is 8.92 Å². The zero-order chi connectivity index (χ0) is 20.5. The van der Waals surface area contributed by atoms with Crippen LogP contribution in [-0.4, -0.2) is 26.2 Å². The van der Waals surface area contributed by atoms with Crippen molar-refractivity contribution in [3.63, 3.8) is 0 Å². The highest BCUT2D eigenvalue weighted by Gasteiger charge is 2.28. The van der Waals surface area contributed by atoms with Crippen molar-refractivity contribution in [1.82, 2.24) is 0 Å². The van der Waals surface area contributed by atoms with E-state index in [1.807, 2.05) is 19.1 Å². The molecular formula is C21H25NO5S. The maximum Gasteiger partial charge on any atom is 0.412 e. The summed E-state index contributed by atoms with van der Waals surface area (Å²) in [6.45, 7) is 7.29. The summed E-state index contributed by atoms with van der Waals surface area (Å²) < 4.78 is 35.7. The number of nitrogens with one attached hydrogen (secondary N) is 1. The van der Waals surface area contributed by atoms with Crippen molar-refractivity contribution in [2.75, 3.05) is 5.32 Å². The Morgan fingerprint density at radius 2 is 1.68 bits per heavy atom. The molecule has 1 unspecified atom stereocenters. The Bertz CT molecular complexity index is 975. The van der Waals surface area contributed by atoms with Gasteiger partial charge in [0.05, 0.1) is 11.0 Å². The maximum absolute atomic E-state index is 12.5. The zero-order valence-electron chi connectivity index (χ0n) is 16.5. The van der Waals surface area contributed by atoms with Crippen molar-refractivity contribution >= 4 is 21.9 Å². The van der Waals surface area contributed by atoms with Gasteiger partial charge in [0.15, 0.2) is 0 Å². The van der Waals surface area contributed by atoms with Gasteiger partial charge in [-0.25, -0.2) is 4.79 Å². The summed E-state index contributed by atoms with van der Waals surface area (Å²) in [6, 6.07) is 12.1. The molecule has 2 aromatic carbocycles. The Hall–Kier alpha value is -2.38. The lowest BCUT2D eigenvalue weighted by atomic mass is 10.1. The molecule has 0 saturated carbocycles. The second-order valence-corrected chi connectivity index (χ2v) is 9.58. The molecular weight excluding hydrogens is 378 g/mol. The van der Waals surface area contributed by atoms with Crippen LogP contribution in [0, 0.1) is 6.92 Å². The van der Waals surface area contributed by atoms with Gasteiger partial charge in [-0.15, -0.1) is 0 Å². The summed E-state index contributed by atoms with van der Waals surface area (Å²) in [4.78, 5) is 12.1. The van der Waals surface area contributed by atoms with Crippen LogP contribution in [0.5, 0.6) is 0 Å². The fourth-order valence-electron chi connectivity index (χ4n) is 3.08. The molecule has 0 saturated heterocycles. The van der Waals surface area contributed by atoms with Gasteiger partial charge in [-0.2, -0.15) is 8.42 Å². The molecule has 6 nitrogen and oxygen atoms in total. The van der Waals surface area contributed by atoms with Gasteiger partial charge in [0.1, 0.15) is 5.60 Å². The van der Waals surface area contributed by atoms with Gasteiger partial charge >= 0.3 is 6.09 Å². The van der Waals surface area contributed by atoms with Crippen LogP contribution < -0.4 is 5.32 Å². The number of aryl methyl sites for hydroxylation is 1. The van der Waals surface area contributed by atoms with Gasteiger partial charge in [-0.3, -0.25) is 9.50 Å². The number of hydrogen-bond acceptors (Lipinski definition) is 5. The lowest BCUT2D eigenvalue weighted by Crippen LogP contribution is -2.27. The molecule has 1 atom stereocenters. The molecule has 1 aliphatic rings. The van der Waals surface area contributed by atoms with E-state index >= 15 is 0 Å². The highest BCUT2D eigenvalue weighted by molar-refractivity contribution is 7.86. The third-order valence-corrected chi connectivity index (χ3v) is 5.69. The molecule has 0 radical (unpaired) electrons. The molecule has 1 N–H and O–H groups in total. The normalized spacial score (nSPS) is 16.5. The topological polar surface area (TPSA) is 81.7 Å². The fourth-order valence-corrected chi connectivity index (χ4v) is 4.16. The third-order valence-electron chi connectivity index (χ3n) is 4.32. The predicted molar refractivity (Wildman–Crippen MR) is 107 cm³/mol. The Labute approximate surface area is 166 Å². The molecule has 1 amide bonds. The minimum atomic E-state index is -3.82. The molecule has 28 heavy (non-hydrogen) atoms. The first kappa shape index (κ1) is 20.4. The molecule has 1 aliphatic carbocycles. The first-order valence-electron chi connectivity index (χ1n) is 9.14. The van der Waals surface area contributed by atoms with Crippen molar-refractivity contribution in [3.05, 3.63) is 59.2 Å². The van der Waals surface area contributed by atoms with E-state index in [1.54, 1.807) is 51.1 Å². The molecule has 150 valence electrons. The van der Waals surface area contributed by atoms with E-state index in [0.29, 0.717) is 18.5 Å². The first-order chi connectivity index (χ1) is 13.0.